The zero-order chi connectivity index (χ0) is 32.2. The molecular formula is C33H42Cl2FN5O3. The predicted octanol–water partition coefficient (Wildman–Crippen LogP) is 5.22. The molecule has 0 radical (unpaired) electrons. The van der Waals surface area contributed by atoms with E-state index in [1.54, 1.807) is 24.3 Å². The summed E-state index contributed by atoms with van der Waals surface area (Å²) in [5, 5.41) is 11.1. The zero-order valence-electron chi connectivity index (χ0n) is 25.7. The third-order valence-electron chi connectivity index (χ3n) is 9.09. The van der Waals surface area contributed by atoms with Gasteiger partial charge in [0.2, 0.25) is 17.7 Å². The molecule has 8 nitrogen and oxygen atoms in total. The largest absolute Gasteiger partial charge is 0.368 e. The van der Waals surface area contributed by atoms with Crippen molar-refractivity contribution in [2.75, 3.05) is 6.54 Å². The average Bonchev–Trinajstić information content (AvgIpc) is 3.35. The lowest BCUT2D eigenvalue weighted by Crippen LogP contribution is -2.67. The molecule has 238 valence electrons. The normalized spacial score (nSPS) is 19.1. The van der Waals surface area contributed by atoms with Crippen LogP contribution in [-0.2, 0) is 33.6 Å². The van der Waals surface area contributed by atoms with Crippen molar-refractivity contribution in [3.63, 3.8) is 0 Å². The summed E-state index contributed by atoms with van der Waals surface area (Å²) < 4.78 is 13.4. The molecule has 0 aliphatic heterocycles. The number of benzene rings is 2. The van der Waals surface area contributed by atoms with E-state index in [0.717, 1.165) is 34.1 Å². The van der Waals surface area contributed by atoms with Crippen molar-refractivity contribution in [1.29, 1.82) is 0 Å². The van der Waals surface area contributed by atoms with Crippen LogP contribution >= 0.6 is 23.2 Å². The summed E-state index contributed by atoms with van der Waals surface area (Å²) in [5.74, 6) is -1.95. The van der Waals surface area contributed by atoms with Crippen molar-refractivity contribution >= 4 is 51.8 Å². The zero-order valence-corrected chi connectivity index (χ0v) is 27.2. The van der Waals surface area contributed by atoms with Crippen LogP contribution in [-0.4, -0.2) is 46.9 Å². The molecule has 2 aromatic carbocycles. The monoisotopic (exact) mass is 645 g/mol. The molecule has 0 fully saturated rings. The Hall–Kier alpha value is -3.14. The Morgan fingerprint density at radius 3 is 2.34 bits per heavy atom. The van der Waals surface area contributed by atoms with Crippen molar-refractivity contribution < 1.29 is 18.8 Å². The number of aromatic amines is 1. The van der Waals surface area contributed by atoms with Crippen LogP contribution in [0.2, 0.25) is 10.0 Å². The second kappa shape index (κ2) is 14.3. The molecule has 0 saturated carbocycles. The molecule has 5 atom stereocenters. The number of primary amides is 1. The second-order valence-electron chi connectivity index (χ2n) is 12.1. The number of nitrogens with two attached hydrogens (primary N) is 1. The number of fused-ring (bicyclic) bond motifs is 3. The Bertz CT molecular complexity index is 1510. The lowest BCUT2D eigenvalue weighted by Gasteiger charge is -2.39. The van der Waals surface area contributed by atoms with Gasteiger partial charge in [-0.2, -0.15) is 0 Å². The number of nitrogens with one attached hydrogen (secondary N) is 4. The molecule has 4 rings (SSSR count). The van der Waals surface area contributed by atoms with Gasteiger partial charge in [0.1, 0.15) is 17.4 Å². The van der Waals surface area contributed by atoms with Crippen molar-refractivity contribution in [1.82, 2.24) is 20.9 Å². The van der Waals surface area contributed by atoms with Crippen molar-refractivity contribution in [3.8, 4) is 0 Å². The van der Waals surface area contributed by atoms with Gasteiger partial charge in [-0.15, -0.1) is 0 Å². The molecule has 1 aliphatic rings. The Balaban J connectivity index is 1.66. The molecule has 11 heteroatoms. The number of hydrogen-bond donors (Lipinski definition) is 5. The van der Waals surface area contributed by atoms with Gasteiger partial charge < -0.3 is 26.7 Å². The van der Waals surface area contributed by atoms with Gasteiger partial charge in [-0.1, -0.05) is 75.9 Å². The van der Waals surface area contributed by atoms with Gasteiger partial charge in [-0.05, 0) is 73.0 Å². The molecule has 0 saturated heterocycles. The summed E-state index contributed by atoms with van der Waals surface area (Å²) in [6.45, 7) is 8.24. The fourth-order valence-corrected chi connectivity index (χ4v) is 6.50. The highest BCUT2D eigenvalue weighted by molar-refractivity contribution is 6.38. The maximum atomic E-state index is 14.2. The summed E-state index contributed by atoms with van der Waals surface area (Å²) >= 11 is 12.9. The van der Waals surface area contributed by atoms with Crippen LogP contribution in [0, 0.1) is 17.7 Å². The number of H-pyrrole nitrogens is 1. The first kappa shape index (κ1) is 33.7. The summed E-state index contributed by atoms with van der Waals surface area (Å²) in [6.07, 6.45) is 2.88. The first-order valence-corrected chi connectivity index (χ1v) is 16.0. The smallest absolute Gasteiger partial charge is 0.246 e. The minimum Gasteiger partial charge on any atom is -0.368 e. The van der Waals surface area contributed by atoms with Crippen molar-refractivity contribution in [3.05, 3.63) is 69.1 Å². The highest BCUT2D eigenvalue weighted by Gasteiger charge is 2.46. The summed E-state index contributed by atoms with van der Waals surface area (Å²) in [4.78, 5) is 44.1. The molecular weight excluding hydrogens is 604 g/mol. The van der Waals surface area contributed by atoms with Gasteiger partial charge in [-0.3, -0.25) is 14.4 Å². The van der Waals surface area contributed by atoms with E-state index in [4.69, 9.17) is 28.9 Å². The van der Waals surface area contributed by atoms with E-state index in [1.165, 1.54) is 12.1 Å². The van der Waals surface area contributed by atoms with Crippen LogP contribution in [0.1, 0.15) is 63.8 Å². The maximum absolute atomic E-state index is 14.2. The lowest BCUT2D eigenvalue weighted by molar-refractivity contribution is -0.137. The molecule has 1 aliphatic carbocycles. The van der Waals surface area contributed by atoms with E-state index >= 15 is 0 Å². The van der Waals surface area contributed by atoms with Gasteiger partial charge in [0, 0.05) is 22.5 Å². The Morgan fingerprint density at radius 1 is 1.05 bits per heavy atom. The van der Waals surface area contributed by atoms with Gasteiger partial charge in [0.25, 0.3) is 0 Å². The first-order valence-electron chi connectivity index (χ1n) is 15.3. The van der Waals surface area contributed by atoms with Crippen LogP contribution in [0.4, 0.5) is 4.39 Å². The van der Waals surface area contributed by atoms with Crippen LogP contribution in [0.5, 0.6) is 0 Å². The molecule has 0 spiro atoms. The number of halogens is 3. The number of rotatable bonds is 13. The quantitative estimate of drug-likeness (QED) is 0.174. The number of carbonyl (C=O) groups is 3. The van der Waals surface area contributed by atoms with Crippen LogP contribution in [0.3, 0.4) is 0 Å². The predicted molar refractivity (Wildman–Crippen MR) is 173 cm³/mol. The first-order chi connectivity index (χ1) is 20.9. The van der Waals surface area contributed by atoms with Crippen LogP contribution < -0.4 is 21.7 Å². The standard InChI is InChI=1S/C33H42Cl2FN5O3/c1-5-18(3)27(30(37)42)40-32(44)33(13-11-26-24(17-33)23-15-21(34)16-25(35)29(23)39-26)41-31(43)28(19(4)6-2)38-14-12-20-7-9-22(36)10-8-20/h7-10,15-16,18-19,27-28,38-39H,5-6,11-14,17H2,1-4H3,(H2,37,42)(H,40,44)(H,41,43)/t18-,19?,27?,28-,33+/m0/s1. The maximum Gasteiger partial charge on any atom is 0.246 e. The Labute approximate surface area is 268 Å². The SMILES string of the molecule is CCC(C)[C@H](NCCc1ccc(F)cc1)C(=O)N[C@]1(C(=O)NC(C(N)=O)[C@@H](C)CC)CCc2[nH]c3c(Cl)cc(Cl)cc3c2C1. The summed E-state index contributed by atoms with van der Waals surface area (Å²) in [5.41, 5.74) is 7.78. The minimum atomic E-state index is -1.36. The minimum absolute atomic E-state index is 0.0494. The molecule has 44 heavy (non-hydrogen) atoms. The third kappa shape index (κ3) is 7.38. The lowest BCUT2D eigenvalue weighted by atomic mass is 9.78. The van der Waals surface area contributed by atoms with Gasteiger partial charge in [0.15, 0.2) is 0 Å². The number of carbonyl (C=O) groups excluding carboxylic acids is 3. The number of amides is 3. The third-order valence-corrected chi connectivity index (χ3v) is 9.61. The molecule has 3 aromatic rings. The molecule has 6 N–H and O–H groups in total. The Kier molecular flexibility index (Phi) is 11.0. The van der Waals surface area contributed by atoms with Gasteiger partial charge in [-0.25, -0.2) is 4.39 Å². The second-order valence-corrected chi connectivity index (χ2v) is 12.9. The number of aromatic nitrogens is 1. The van der Waals surface area contributed by atoms with Gasteiger partial charge >= 0.3 is 0 Å². The summed E-state index contributed by atoms with van der Waals surface area (Å²) in [7, 11) is 0. The van der Waals surface area contributed by atoms with E-state index in [-0.39, 0.29) is 30.0 Å². The van der Waals surface area contributed by atoms with E-state index in [0.29, 0.717) is 42.3 Å². The van der Waals surface area contributed by atoms with Crippen molar-refractivity contribution in [2.24, 2.45) is 17.6 Å². The Morgan fingerprint density at radius 2 is 1.70 bits per heavy atom. The highest BCUT2D eigenvalue weighted by atomic mass is 35.5. The van der Waals surface area contributed by atoms with Crippen LogP contribution in [0.25, 0.3) is 10.9 Å². The van der Waals surface area contributed by atoms with Crippen LogP contribution in [0.15, 0.2) is 36.4 Å². The highest BCUT2D eigenvalue weighted by Crippen LogP contribution is 2.38. The molecule has 2 unspecified atom stereocenters. The van der Waals surface area contributed by atoms with Gasteiger partial charge in [0.05, 0.1) is 16.6 Å². The molecule has 1 aromatic heterocycles. The number of hydrogen-bond acceptors (Lipinski definition) is 4. The average molecular weight is 647 g/mol. The number of aryl methyl sites for hydroxylation is 1. The van der Waals surface area contributed by atoms with E-state index in [2.05, 4.69) is 20.9 Å². The molecule has 1 heterocycles. The summed E-state index contributed by atoms with van der Waals surface area (Å²) in [6, 6.07) is 8.25. The molecule has 0 bridgehead atoms. The van der Waals surface area contributed by atoms with E-state index < -0.39 is 29.4 Å². The fraction of sp³-hybridized carbons (Fsp3) is 0.485. The van der Waals surface area contributed by atoms with E-state index in [9.17, 15) is 18.8 Å². The fourth-order valence-electron chi connectivity index (χ4n) is 5.96. The van der Waals surface area contributed by atoms with Crippen molar-refractivity contribution in [2.45, 2.75) is 83.8 Å². The molecule has 3 amide bonds. The topological polar surface area (TPSA) is 129 Å². The van der Waals surface area contributed by atoms with E-state index in [1.807, 2.05) is 27.7 Å².